The Balaban J connectivity index is 2.20. The number of sulfone groups is 1. The zero-order chi connectivity index (χ0) is 21.7. The lowest BCUT2D eigenvalue weighted by molar-refractivity contribution is -0.131. The molecular weight excluding hydrogens is 414 g/mol. The fourth-order valence-electron chi connectivity index (χ4n) is 2.65. The van der Waals surface area contributed by atoms with Gasteiger partial charge in [-0.2, -0.15) is 5.26 Å². The van der Waals surface area contributed by atoms with Crippen LogP contribution in [0.2, 0.25) is 0 Å². The molecule has 2 aromatic rings. The van der Waals surface area contributed by atoms with Gasteiger partial charge in [-0.1, -0.05) is 12.1 Å². The van der Waals surface area contributed by atoms with Crippen LogP contribution in [0.15, 0.2) is 52.3 Å². The molecule has 8 nitrogen and oxygen atoms in total. The molecule has 0 saturated carbocycles. The molecule has 154 valence electrons. The monoisotopic (exact) mass is 435 g/mol. The first-order valence-corrected chi connectivity index (χ1v) is 11.4. The summed E-state index contributed by atoms with van der Waals surface area (Å²) >= 11 is 1.42. The third-order valence-corrected chi connectivity index (χ3v) is 7.62. The number of nitrogens with zero attached hydrogens (tertiary/aromatic N) is 2. The van der Waals surface area contributed by atoms with Gasteiger partial charge < -0.3 is 4.57 Å². The summed E-state index contributed by atoms with van der Waals surface area (Å²) in [7, 11) is -3.83. The maximum atomic E-state index is 12.5. The molecule has 0 aliphatic carbocycles. The summed E-state index contributed by atoms with van der Waals surface area (Å²) < 4.78 is 23.5. The Labute approximate surface area is 173 Å². The Bertz CT molecular complexity index is 1090. The molecule has 0 spiro atoms. The highest BCUT2D eigenvalue weighted by Gasteiger charge is 2.43. The number of carbonyl (C=O) groups is 1. The van der Waals surface area contributed by atoms with Gasteiger partial charge in [0.05, 0.1) is 11.8 Å². The van der Waals surface area contributed by atoms with E-state index in [0.717, 1.165) is 16.7 Å². The molecular formula is C19H21N3O5S2. The SMILES string of the molecule is C[C@@](CCn1ccc(-c2ccc(SCC#N)cc2)cc1=O)(C(=O)NO)S(C)(=O)=O. The topological polar surface area (TPSA) is 129 Å². The fourth-order valence-corrected chi connectivity index (χ4v) is 4.05. The van der Waals surface area contributed by atoms with Crippen LogP contribution >= 0.6 is 11.8 Å². The number of nitrogens with one attached hydrogen (secondary N) is 1. The number of hydrogen-bond donors (Lipinski definition) is 2. The lowest BCUT2D eigenvalue weighted by Crippen LogP contribution is -2.49. The molecule has 0 radical (unpaired) electrons. The number of carbonyl (C=O) groups excluding carboxylic acids is 1. The first-order valence-electron chi connectivity index (χ1n) is 8.57. The van der Waals surface area contributed by atoms with Crippen molar-refractivity contribution in [3.05, 3.63) is 52.9 Å². The van der Waals surface area contributed by atoms with Gasteiger partial charge in [0.15, 0.2) is 14.6 Å². The molecule has 0 bridgehead atoms. The van der Waals surface area contributed by atoms with Gasteiger partial charge >= 0.3 is 0 Å². The van der Waals surface area contributed by atoms with Crippen LogP contribution in [0.5, 0.6) is 0 Å². The summed E-state index contributed by atoms with van der Waals surface area (Å²) in [6, 6.07) is 12.7. The Morgan fingerprint density at radius 2 is 1.93 bits per heavy atom. The van der Waals surface area contributed by atoms with Gasteiger partial charge in [-0.3, -0.25) is 14.8 Å². The highest BCUT2D eigenvalue weighted by atomic mass is 32.2. The highest BCUT2D eigenvalue weighted by molar-refractivity contribution is 7.99. The van der Waals surface area contributed by atoms with E-state index in [2.05, 4.69) is 6.07 Å². The molecule has 0 saturated heterocycles. The maximum absolute atomic E-state index is 12.5. The summed E-state index contributed by atoms with van der Waals surface area (Å²) in [5, 5.41) is 17.5. The van der Waals surface area contributed by atoms with Crippen LogP contribution in [-0.4, -0.2) is 40.9 Å². The van der Waals surface area contributed by atoms with Crippen LogP contribution in [0.1, 0.15) is 13.3 Å². The van der Waals surface area contributed by atoms with Gasteiger partial charge in [-0.25, -0.2) is 13.9 Å². The van der Waals surface area contributed by atoms with Gasteiger partial charge in [0, 0.05) is 30.0 Å². The smallest absolute Gasteiger partial charge is 0.264 e. The van der Waals surface area contributed by atoms with Crippen LogP contribution in [0.3, 0.4) is 0 Å². The second-order valence-electron chi connectivity index (χ2n) is 6.61. The van der Waals surface area contributed by atoms with E-state index in [1.807, 2.05) is 24.3 Å². The molecule has 0 aliphatic rings. The van der Waals surface area contributed by atoms with Crippen molar-refractivity contribution in [3.63, 3.8) is 0 Å². The van der Waals surface area contributed by atoms with Crippen LogP contribution in [0, 0.1) is 11.3 Å². The Kier molecular flexibility index (Phi) is 7.24. The molecule has 0 unspecified atom stereocenters. The molecule has 1 heterocycles. The van der Waals surface area contributed by atoms with E-state index in [-0.39, 0.29) is 18.5 Å². The number of benzene rings is 1. The zero-order valence-corrected chi connectivity index (χ0v) is 17.6. The minimum atomic E-state index is -3.83. The normalized spacial score (nSPS) is 13.3. The number of pyridine rings is 1. The Morgan fingerprint density at radius 1 is 1.28 bits per heavy atom. The number of amides is 1. The van der Waals surface area contributed by atoms with Crippen molar-refractivity contribution in [2.45, 2.75) is 29.5 Å². The molecule has 1 aromatic carbocycles. The Hall–Kier alpha value is -2.61. The van der Waals surface area contributed by atoms with E-state index in [9.17, 15) is 18.0 Å². The van der Waals surface area contributed by atoms with E-state index in [1.54, 1.807) is 6.07 Å². The van der Waals surface area contributed by atoms with Gasteiger partial charge in [0.25, 0.3) is 11.5 Å². The lowest BCUT2D eigenvalue weighted by Gasteiger charge is -2.25. The van der Waals surface area contributed by atoms with Crippen LogP contribution < -0.4 is 11.0 Å². The van der Waals surface area contributed by atoms with Crippen molar-refractivity contribution in [2.24, 2.45) is 0 Å². The minimum Gasteiger partial charge on any atom is -0.315 e. The summed E-state index contributed by atoms with van der Waals surface area (Å²) in [6.07, 6.45) is 2.27. The summed E-state index contributed by atoms with van der Waals surface area (Å²) in [6.45, 7) is 1.19. The van der Waals surface area contributed by atoms with E-state index in [0.29, 0.717) is 11.3 Å². The zero-order valence-electron chi connectivity index (χ0n) is 16.0. The minimum absolute atomic E-state index is 0.0140. The number of hydrogen-bond acceptors (Lipinski definition) is 7. The summed E-state index contributed by atoms with van der Waals surface area (Å²) in [4.78, 5) is 25.3. The number of aromatic nitrogens is 1. The summed E-state index contributed by atoms with van der Waals surface area (Å²) in [5.74, 6) is -0.685. The molecule has 1 atom stereocenters. The maximum Gasteiger partial charge on any atom is 0.264 e. The van der Waals surface area contributed by atoms with Crippen LogP contribution in [0.4, 0.5) is 0 Å². The number of rotatable bonds is 8. The predicted octanol–water partition coefficient (Wildman–Crippen LogP) is 1.83. The molecule has 0 fully saturated rings. The van der Waals surface area contributed by atoms with Crippen molar-refractivity contribution in [2.75, 3.05) is 12.0 Å². The van der Waals surface area contributed by atoms with Crippen molar-refractivity contribution < 1.29 is 18.4 Å². The highest BCUT2D eigenvalue weighted by Crippen LogP contribution is 2.24. The molecule has 1 amide bonds. The molecule has 0 aliphatic heterocycles. The first-order chi connectivity index (χ1) is 13.6. The first kappa shape index (κ1) is 22.7. The number of aryl methyl sites for hydroxylation is 1. The predicted molar refractivity (Wildman–Crippen MR) is 110 cm³/mol. The quantitative estimate of drug-likeness (QED) is 0.368. The van der Waals surface area contributed by atoms with Crippen LogP contribution in [0.25, 0.3) is 11.1 Å². The molecule has 29 heavy (non-hydrogen) atoms. The third kappa shape index (κ3) is 5.26. The van der Waals surface area contributed by atoms with E-state index in [1.165, 1.54) is 41.0 Å². The average Bonchev–Trinajstić information content (AvgIpc) is 2.69. The van der Waals surface area contributed by atoms with Crippen molar-refractivity contribution in [1.29, 1.82) is 5.26 Å². The van der Waals surface area contributed by atoms with Gasteiger partial charge in [-0.05, 0) is 42.7 Å². The average molecular weight is 436 g/mol. The van der Waals surface area contributed by atoms with Gasteiger partial charge in [0.2, 0.25) is 0 Å². The second-order valence-corrected chi connectivity index (χ2v) is 10.1. The van der Waals surface area contributed by atoms with E-state index in [4.69, 9.17) is 10.5 Å². The number of nitriles is 1. The fraction of sp³-hybridized carbons (Fsp3) is 0.316. The second kappa shape index (κ2) is 9.26. The largest absolute Gasteiger partial charge is 0.315 e. The van der Waals surface area contributed by atoms with E-state index >= 15 is 0 Å². The van der Waals surface area contributed by atoms with Gasteiger partial charge in [0.1, 0.15) is 0 Å². The van der Waals surface area contributed by atoms with Crippen LogP contribution in [-0.2, 0) is 21.2 Å². The lowest BCUT2D eigenvalue weighted by atomic mass is 10.1. The standard InChI is InChI=1S/C19H21N3O5S2/c1-19(18(24)21-25,29(2,26)27)8-11-22-10-7-15(13-17(22)23)14-3-5-16(6-4-14)28-12-9-20/h3-7,10,13,25H,8,11-12H2,1-2H3,(H,21,24)/t19-/m1/s1. The Morgan fingerprint density at radius 3 is 2.45 bits per heavy atom. The third-order valence-electron chi connectivity index (χ3n) is 4.72. The molecule has 2 rings (SSSR count). The van der Waals surface area contributed by atoms with Crippen molar-refractivity contribution in [3.8, 4) is 17.2 Å². The molecule has 2 N–H and O–H groups in total. The number of hydroxylamine groups is 1. The molecule has 1 aromatic heterocycles. The van der Waals surface area contributed by atoms with E-state index < -0.39 is 20.5 Å². The number of thioether (sulfide) groups is 1. The summed E-state index contributed by atoms with van der Waals surface area (Å²) in [5.41, 5.74) is 2.57. The van der Waals surface area contributed by atoms with Gasteiger partial charge in [-0.15, -0.1) is 11.8 Å². The van der Waals surface area contributed by atoms with Crippen molar-refractivity contribution in [1.82, 2.24) is 10.0 Å². The molecule has 10 heteroatoms. The van der Waals surface area contributed by atoms with Crippen molar-refractivity contribution >= 4 is 27.5 Å².